The second-order valence-corrected chi connectivity index (χ2v) is 10.8. The Kier molecular flexibility index (Phi) is 5.66. The van der Waals surface area contributed by atoms with Crippen LogP contribution in [0.2, 0.25) is 0 Å². The summed E-state index contributed by atoms with van der Waals surface area (Å²) in [6.45, 7) is 0.840. The van der Waals surface area contributed by atoms with E-state index in [1.807, 2.05) is 24.3 Å². The van der Waals surface area contributed by atoms with E-state index in [0.29, 0.717) is 29.3 Å². The van der Waals surface area contributed by atoms with Crippen molar-refractivity contribution in [1.82, 2.24) is 19.5 Å². The normalized spacial score (nSPS) is 14.6. The molecule has 0 amide bonds. The number of benzene rings is 2. The standard InChI is InChI=1S/C25H24FN5O2S/c1-31(2)34(3,32)17-6-4-16(5-7-17)19-12-27-25(22-15-30-29-14-20(19)22)28-13-21-18-10-11-33-24(18)9-8-23(21)26/h4-9,12,14-15H,3,10-11,13H2,1-2H3,(H,27,28). The van der Waals surface area contributed by atoms with Gasteiger partial charge in [-0.1, -0.05) is 12.1 Å². The maximum absolute atomic E-state index is 14.5. The van der Waals surface area contributed by atoms with Crippen molar-refractivity contribution in [2.24, 2.45) is 0 Å². The Morgan fingerprint density at radius 3 is 2.56 bits per heavy atom. The van der Waals surface area contributed by atoms with E-state index in [9.17, 15) is 8.60 Å². The molecule has 1 N–H and O–H groups in total. The van der Waals surface area contributed by atoms with Crippen LogP contribution >= 0.6 is 0 Å². The van der Waals surface area contributed by atoms with Crippen molar-refractivity contribution in [1.29, 1.82) is 0 Å². The van der Waals surface area contributed by atoms with Crippen LogP contribution in [-0.4, -0.2) is 50.3 Å². The fraction of sp³-hybridized carbons (Fsp3) is 0.200. The van der Waals surface area contributed by atoms with Gasteiger partial charge in [0.2, 0.25) is 0 Å². The molecule has 9 heteroatoms. The molecule has 1 aliphatic heterocycles. The first kappa shape index (κ1) is 22.2. The Bertz CT molecular complexity index is 1490. The zero-order valence-corrected chi connectivity index (χ0v) is 19.7. The predicted octanol–water partition coefficient (Wildman–Crippen LogP) is 3.93. The smallest absolute Gasteiger partial charge is 0.135 e. The SMILES string of the molecule is C=S(=O)(c1ccc(-c2cnc(NCc3c(F)ccc4c3CCO4)c3cnncc23)cc1)N(C)C. The first-order chi connectivity index (χ1) is 16.4. The first-order valence-corrected chi connectivity index (χ1v) is 12.5. The van der Waals surface area contributed by atoms with E-state index in [-0.39, 0.29) is 12.4 Å². The van der Waals surface area contributed by atoms with Crippen LogP contribution in [0.4, 0.5) is 10.2 Å². The Morgan fingerprint density at radius 1 is 1.09 bits per heavy atom. The number of nitrogens with one attached hydrogen (secondary N) is 1. The number of hydrogen-bond donors (Lipinski definition) is 1. The lowest BCUT2D eigenvalue weighted by Gasteiger charge is -2.17. The lowest BCUT2D eigenvalue weighted by atomic mass is 10.0. The number of aromatic nitrogens is 3. The van der Waals surface area contributed by atoms with Crippen molar-refractivity contribution in [3.05, 3.63) is 71.9 Å². The van der Waals surface area contributed by atoms with Crippen molar-refractivity contribution in [2.45, 2.75) is 17.9 Å². The molecule has 5 rings (SSSR count). The molecule has 0 aliphatic carbocycles. The van der Waals surface area contributed by atoms with Crippen LogP contribution in [0.5, 0.6) is 5.75 Å². The summed E-state index contributed by atoms with van der Waals surface area (Å²) in [7, 11) is 0.966. The molecule has 7 nitrogen and oxygen atoms in total. The zero-order chi connectivity index (χ0) is 23.9. The Morgan fingerprint density at radius 2 is 1.82 bits per heavy atom. The highest BCUT2D eigenvalue weighted by Crippen LogP contribution is 2.33. The fourth-order valence-electron chi connectivity index (χ4n) is 4.10. The molecule has 0 saturated heterocycles. The van der Waals surface area contributed by atoms with Gasteiger partial charge >= 0.3 is 0 Å². The van der Waals surface area contributed by atoms with E-state index in [1.165, 1.54) is 6.07 Å². The maximum atomic E-state index is 14.5. The summed E-state index contributed by atoms with van der Waals surface area (Å²) in [5.41, 5.74) is 3.25. The second-order valence-electron chi connectivity index (χ2n) is 8.27. The summed E-state index contributed by atoms with van der Waals surface area (Å²) >= 11 is 0. The van der Waals surface area contributed by atoms with Crippen molar-refractivity contribution in [3.63, 3.8) is 0 Å². The molecule has 0 fully saturated rings. The van der Waals surface area contributed by atoms with E-state index >= 15 is 0 Å². The van der Waals surface area contributed by atoms with Crippen molar-refractivity contribution < 1.29 is 13.3 Å². The average molecular weight is 478 g/mol. The van der Waals surface area contributed by atoms with Gasteiger partial charge in [0.25, 0.3) is 0 Å². The van der Waals surface area contributed by atoms with Crippen LogP contribution in [-0.2, 0) is 22.7 Å². The maximum Gasteiger partial charge on any atom is 0.135 e. The minimum Gasteiger partial charge on any atom is -0.493 e. The molecule has 1 atom stereocenters. The second kappa shape index (κ2) is 8.66. The number of anilines is 1. The van der Waals surface area contributed by atoms with Gasteiger partial charge in [0.15, 0.2) is 0 Å². The molecule has 4 aromatic rings. The summed E-state index contributed by atoms with van der Waals surface area (Å²) in [5.74, 6) is 4.92. The largest absolute Gasteiger partial charge is 0.493 e. The molecule has 174 valence electrons. The summed E-state index contributed by atoms with van der Waals surface area (Å²) in [5, 5.41) is 13.0. The minimum atomic E-state index is -2.52. The van der Waals surface area contributed by atoms with Crippen molar-refractivity contribution >= 4 is 32.2 Å². The average Bonchev–Trinajstić information content (AvgIpc) is 3.32. The summed E-state index contributed by atoms with van der Waals surface area (Å²) in [6.07, 6.45) is 5.77. The third kappa shape index (κ3) is 3.86. The molecule has 1 unspecified atom stereocenters. The minimum absolute atomic E-state index is 0.266. The summed E-state index contributed by atoms with van der Waals surface area (Å²) in [4.78, 5) is 5.26. The summed E-state index contributed by atoms with van der Waals surface area (Å²) in [6, 6.07) is 10.5. The molecule has 3 heterocycles. The number of halogens is 1. The molecule has 2 aromatic carbocycles. The number of fused-ring (bicyclic) bond motifs is 2. The number of hydrogen-bond acceptors (Lipinski definition) is 6. The van der Waals surface area contributed by atoms with Gasteiger partial charge in [0.05, 0.1) is 28.7 Å². The van der Waals surface area contributed by atoms with Crippen LogP contribution in [0.3, 0.4) is 0 Å². The molecule has 0 spiro atoms. The number of rotatable bonds is 6. The van der Waals surface area contributed by atoms with Gasteiger partial charge in [-0.2, -0.15) is 10.2 Å². The van der Waals surface area contributed by atoms with Crippen LogP contribution in [0.15, 0.2) is 59.9 Å². The quantitative estimate of drug-likeness (QED) is 0.424. The molecule has 0 bridgehead atoms. The van der Waals surface area contributed by atoms with Crippen molar-refractivity contribution in [3.8, 4) is 16.9 Å². The number of pyridine rings is 1. The Hall–Kier alpha value is -3.56. The van der Waals surface area contributed by atoms with E-state index in [4.69, 9.17) is 4.74 Å². The highest BCUT2D eigenvalue weighted by atomic mass is 32.2. The fourth-order valence-corrected chi connectivity index (χ4v) is 5.08. The van der Waals surface area contributed by atoms with Crippen molar-refractivity contribution in [2.75, 3.05) is 26.0 Å². The van der Waals surface area contributed by atoms with Gasteiger partial charge < -0.3 is 10.1 Å². The molecule has 0 radical (unpaired) electrons. The lowest BCUT2D eigenvalue weighted by molar-refractivity contribution is 0.356. The molecule has 0 saturated carbocycles. The predicted molar refractivity (Wildman–Crippen MR) is 133 cm³/mol. The zero-order valence-electron chi connectivity index (χ0n) is 18.9. The van der Waals surface area contributed by atoms with Crippen LogP contribution < -0.4 is 10.1 Å². The van der Waals surface area contributed by atoms with Gasteiger partial charge in [-0.3, -0.25) is 0 Å². The van der Waals surface area contributed by atoms with Crippen LogP contribution in [0, 0.1) is 5.82 Å². The van der Waals surface area contributed by atoms with E-state index < -0.39 is 9.71 Å². The molecular weight excluding hydrogens is 453 g/mol. The highest BCUT2D eigenvalue weighted by Gasteiger charge is 2.20. The van der Waals surface area contributed by atoms with Crippen LogP contribution in [0.1, 0.15) is 11.1 Å². The van der Waals surface area contributed by atoms with Gasteiger partial charge in [-0.25, -0.2) is 17.9 Å². The third-order valence-corrected chi connectivity index (χ3v) is 8.28. The molecule has 1 aliphatic rings. The number of nitrogens with zero attached hydrogens (tertiary/aromatic N) is 4. The van der Waals surface area contributed by atoms with E-state index in [2.05, 4.69) is 26.4 Å². The monoisotopic (exact) mass is 477 g/mol. The summed E-state index contributed by atoms with van der Waals surface area (Å²) < 4.78 is 34.6. The topological polar surface area (TPSA) is 80.2 Å². The third-order valence-electron chi connectivity index (χ3n) is 6.10. The number of ether oxygens (including phenoxy) is 1. The first-order valence-electron chi connectivity index (χ1n) is 10.8. The molecular formula is C25H24FN5O2S. The van der Waals surface area contributed by atoms with Crippen LogP contribution in [0.25, 0.3) is 21.9 Å². The lowest BCUT2D eigenvalue weighted by Crippen LogP contribution is -2.21. The Labute approximate surface area is 197 Å². The Balaban J connectivity index is 1.48. The van der Waals surface area contributed by atoms with E-state index in [1.54, 1.807) is 43.1 Å². The van der Waals surface area contributed by atoms with Gasteiger partial charge in [-0.05, 0) is 49.8 Å². The highest BCUT2D eigenvalue weighted by molar-refractivity contribution is 7.98. The van der Waals surface area contributed by atoms with E-state index in [0.717, 1.165) is 33.2 Å². The molecule has 2 aromatic heterocycles. The van der Waals surface area contributed by atoms with Gasteiger partial charge in [0.1, 0.15) is 17.4 Å². The molecule has 34 heavy (non-hydrogen) atoms. The van der Waals surface area contributed by atoms with Gasteiger partial charge in [-0.15, -0.1) is 0 Å². The van der Waals surface area contributed by atoms with Gasteiger partial charge in [0, 0.05) is 51.5 Å².